The maximum atomic E-state index is 10.7. The first-order chi connectivity index (χ1) is 6.72. The third-order valence-corrected chi connectivity index (χ3v) is 2.74. The molecule has 0 amide bonds. The molecule has 0 aliphatic rings. The molecule has 2 aromatic rings. The summed E-state index contributed by atoms with van der Waals surface area (Å²) in [5, 5.41) is 11.6. The maximum absolute atomic E-state index is 10.7. The molecule has 1 N–H and O–H groups in total. The molecule has 0 aliphatic carbocycles. The average molecular weight is 208 g/mol. The van der Waals surface area contributed by atoms with Crippen LogP contribution in [0.2, 0.25) is 0 Å². The van der Waals surface area contributed by atoms with Gasteiger partial charge in [0, 0.05) is 5.39 Å². The summed E-state index contributed by atoms with van der Waals surface area (Å²) < 4.78 is 0. The van der Waals surface area contributed by atoms with Crippen molar-refractivity contribution in [2.75, 3.05) is 0 Å². The monoisotopic (exact) mass is 208 g/mol. The predicted molar refractivity (Wildman–Crippen MR) is 53.8 cm³/mol. The second-order valence-electron chi connectivity index (χ2n) is 2.79. The van der Waals surface area contributed by atoms with Crippen LogP contribution in [0.3, 0.4) is 0 Å². The fourth-order valence-corrected chi connectivity index (χ4v) is 2.07. The van der Waals surface area contributed by atoms with E-state index in [-0.39, 0.29) is 5.82 Å². The van der Waals surface area contributed by atoms with E-state index >= 15 is 0 Å². The van der Waals surface area contributed by atoms with Crippen molar-refractivity contribution in [2.45, 2.75) is 13.3 Å². The molecule has 0 radical (unpaired) electrons. The van der Waals surface area contributed by atoms with Gasteiger partial charge in [-0.25, -0.2) is 14.8 Å². The smallest absolute Gasteiger partial charge is 0.373 e. The lowest BCUT2D eigenvalue weighted by atomic mass is 10.2. The fourth-order valence-electron chi connectivity index (χ4n) is 1.28. The number of aryl methyl sites for hydroxylation is 1. The highest BCUT2D eigenvalue weighted by Crippen LogP contribution is 2.21. The molecule has 0 unspecified atom stereocenters. The van der Waals surface area contributed by atoms with Gasteiger partial charge in [0.1, 0.15) is 4.83 Å². The molecule has 0 saturated heterocycles. The van der Waals surface area contributed by atoms with Crippen LogP contribution in [0.5, 0.6) is 0 Å². The van der Waals surface area contributed by atoms with Crippen LogP contribution < -0.4 is 0 Å². The highest BCUT2D eigenvalue weighted by Gasteiger charge is 2.11. The topological polar surface area (TPSA) is 63.1 Å². The molecule has 0 saturated carbocycles. The Balaban J connectivity index is 2.73. The Labute approximate surface area is 84.2 Å². The van der Waals surface area contributed by atoms with Crippen molar-refractivity contribution in [2.24, 2.45) is 0 Å². The number of fused-ring (bicyclic) bond motifs is 1. The van der Waals surface area contributed by atoms with Crippen LogP contribution in [0.1, 0.15) is 23.2 Å². The van der Waals surface area contributed by atoms with Crippen LogP contribution in [0.15, 0.2) is 11.4 Å². The standard InChI is InChI=1S/C9H8N2O2S/c1-2-6-5-3-4-14-8(5)11-7(10-6)9(12)13/h3-4H,2H2,1H3,(H,12,13). The van der Waals surface area contributed by atoms with Crippen molar-refractivity contribution in [1.82, 2.24) is 9.97 Å². The minimum atomic E-state index is -1.07. The predicted octanol–water partition coefficient (Wildman–Crippen LogP) is 1.95. The van der Waals surface area contributed by atoms with Crippen LogP contribution >= 0.6 is 11.3 Å². The summed E-state index contributed by atoms with van der Waals surface area (Å²) in [4.78, 5) is 19.4. The Morgan fingerprint density at radius 2 is 2.36 bits per heavy atom. The Morgan fingerprint density at radius 1 is 1.57 bits per heavy atom. The molecule has 0 atom stereocenters. The van der Waals surface area contributed by atoms with Crippen LogP contribution in [0.25, 0.3) is 10.2 Å². The van der Waals surface area contributed by atoms with Crippen molar-refractivity contribution in [1.29, 1.82) is 0 Å². The number of carbonyl (C=O) groups is 1. The Morgan fingerprint density at radius 3 is 3.00 bits per heavy atom. The lowest BCUT2D eigenvalue weighted by Gasteiger charge is -1.99. The summed E-state index contributed by atoms with van der Waals surface area (Å²) in [6.07, 6.45) is 0.718. The Bertz CT molecular complexity index is 493. The highest BCUT2D eigenvalue weighted by molar-refractivity contribution is 7.16. The van der Waals surface area contributed by atoms with E-state index in [1.54, 1.807) is 0 Å². The van der Waals surface area contributed by atoms with E-state index in [1.807, 2.05) is 18.4 Å². The van der Waals surface area contributed by atoms with Gasteiger partial charge in [0.05, 0.1) is 5.69 Å². The van der Waals surface area contributed by atoms with E-state index in [1.165, 1.54) is 11.3 Å². The molecule has 72 valence electrons. The van der Waals surface area contributed by atoms with Gasteiger partial charge >= 0.3 is 5.97 Å². The summed E-state index contributed by atoms with van der Waals surface area (Å²) in [7, 11) is 0. The van der Waals surface area contributed by atoms with Gasteiger partial charge in [0.15, 0.2) is 0 Å². The molecule has 0 aliphatic heterocycles. The van der Waals surface area contributed by atoms with Gasteiger partial charge in [-0.05, 0) is 17.9 Å². The van der Waals surface area contributed by atoms with Crippen LogP contribution in [0, 0.1) is 0 Å². The molecule has 0 bridgehead atoms. The quantitative estimate of drug-likeness (QED) is 0.819. The summed E-state index contributed by atoms with van der Waals surface area (Å²) in [6, 6.07) is 1.92. The van der Waals surface area contributed by atoms with E-state index in [9.17, 15) is 4.79 Å². The number of aromatic nitrogens is 2. The number of hydrogen-bond acceptors (Lipinski definition) is 4. The van der Waals surface area contributed by atoms with E-state index in [0.29, 0.717) is 0 Å². The minimum absolute atomic E-state index is 0.114. The second-order valence-corrected chi connectivity index (χ2v) is 3.69. The molecule has 0 spiro atoms. The first-order valence-corrected chi connectivity index (χ1v) is 5.07. The molecule has 0 fully saturated rings. The average Bonchev–Trinajstić information content (AvgIpc) is 2.63. The lowest BCUT2D eigenvalue weighted by Crippen LogP contribution is -2.05. The van der Waals surface area contributed by atoms with Crippen molar-refractivity contribution in [3.8, 4) is 0 Å². The van der Waals surface area contributed by atoms with Gasteiger partial charge in [-0.3, -0.25) is 0 Å². The van der Waals surface area contributed by atoms with Crippen LogP contribution in [-0.2, 0) is 6.42 Å². The zero-order valence-corrected chi connectivity index (χ0v) is 8.34. The van der Waals surface area contributed by atoms with Gasteiger partial charge in [0.25, 0.3) is 0 Å². The third-order valence-electron chi connectivity index (χ3n) is 1.93. The molecule has 5 heteroatoms. The first-order valence-electron chi connectivity index (χ1n) is 4.19. The number of nitrogens with zero attached hydrogens (tertiary/aromatic N) is 2. The number of carboxylic acids is 1. The fraction of sp³-hybridized carbons (Fsp3) is 0.222. The normalized spacial score (nSPS) is 10.6. The summed E-state index contributed by atoms with van der Waals surface area (Å²) in [6.45, 7) is 1.95. The van der Waals surface area contributed by atoms with Crippen molar-refractivity contribution in [3.05, 3.63) is 23.0 Å². The number of carboxylic acid groups (broad SMARTS) is 1. The number of rotatable bonds is 2. The SMILES string of the molecule is CCc1nc(C(=O)O)nc2sccc12. The summed E-state index contributed by atoms with van der Waals surface area (Å²) in [5.41, 5.74) is 0.800. The zero-order chi connectivity index (χ0) is 10.1. The summed E-state index contributed by atoms with van der Waals surface area (Å²) in [5.74, 6) is -1.19. The second kappa shape index (κ2) is 3.34. The van der Waals surface area contributed by atoms with Gasteiger partial charge in [-0.15, -0.1) is 11.3 Å². The summed E-state index contributed by atoms with van der Waals surface area (Å²) >= 11 is 1.43. The van der Waals surface area contributed by atoms with Crippen molar-refractivity contribution in [3.63, 3.8) is 0 Å². The van der Waals surface area contributed by atoms with E-state index in [4.69, 9.17) is 5.11 Å². The third kappa shape index (κ3) is 1.35. The molecular weight excluding hydrogens is 200 g/mol. The molecule has 0 aromatic carbocycles. The van der Waals surface area contributed by atoms with E-state index in [0.717, 1.165) is 22.3 Å². The van der Waals surface area contributed by atoms with Crippen molar-refractivity contribution < 1.29 is 9.90 Å². The van der Waals surface area contributed by atoms with Gasteiger partial charge in [0.2, 0.25) is 5.82 Å². The molecule has 4 nitrogen and oxygen atoms in total. The van der Waals surface area contributed by atoms with E-state index in [2.05, 4.69) is 9.97 Å². The molecule has 14 heavy (non-hydrogen) atoms. The Kier molecular flexibility index (Phi) is 2.17. The van der Waals surface area contributed by atoms with Crippen molar-refractivity contribution >= 4 is 27.5 Å². The maximum Gasteiger partial charge on any atom is 0.373 e. The minimum Gasteiger partial charge on any atom is -0.475 e. The van der Waals surface area contributed by atoms with Gasteiger partial charge in [-0.2, -0.15) is 0 Å². The van der Waals surface area contributed by atoms with Gasteiger partial charge < -0.3 is 5.11 Å². The first kappa shape index (κ1) is 9.08. The lowest BCUT2D eigenvalue weighted by molar-refractivity contribution is 0.0683. The molecule has 2 heterocycles. The number of hydrogen-bond donors (Lipinski definition) is 1. The number of thiophene rings is 1. The molecule has 2 aromatic heterocycles. The zero-order valence-electron chi connectivity index (χ0n) is 7.52. The van der Waals surface area contributed by atoms with Crippen LogP contribution in [0.4, 0.5) is 0 Å². The Hall–Kier alpha value is -1.49. The van der Waals surface area contributed by atoms with Gasteiger partial charge in [-0.1, -0.05) is 6.92 Å². The molecule has 2 rings (SSSR count). The van der Waals surface area contributed by atoms with Crippen LogP contribution in [-0.4, -0.2) is 21.0 Å². The van der Waals surface area contributed by atoms with E-state index < -0.39 is 5.97 Å². The molecular formula is C9H8N2O2S. The largest absolute Gasteiger partial charge is 0.475 e. The number of aromatic carboxylic acids is 1. The highest BCUT2D eigenvalue weighted by atomic mass is 32.1.